The van der Waals surface area contributed by atoms with Crippen molar-refractivity contribution in [2.24, 2.45) is 5.92 Å². The molecule has 0 spiro atoms. The van der Waals surface area contributed by atoms with Crippen molar-refractivity contribution in [1.82, 2.24) is 5.32 Å². The van der Waals surface area contributed by atoms with E-state index in [1.54, 1.807) is 0 Å². The van der Waals surface area contributed by atoms with Crippen LogP contribution in [0.4, 0.5) is 0 Å². The van der Waals surface area contributed by atoms with Gasteiger partial charge in [-0.3, -0.25) is 0 Å². The summed E-state index contributed by atoms with van der Waals surface area (Å²) in [5.41, 5.74) is 0. The van der Waals surface area contributed by atoms with Crippen LogP contribution in [0, 0.1) is 5.92 Å². The van der Waals surface area contributed by atoms with Crippen LogP contribution < -0.4 is 5.32 Å². The molecule has 0 aromatic rings. The lowest BCUT2D eigenvalue weighted by Gasteiger charge is -2.21. The van der Waals surface area contributed by atoms with Crippen LogP contribution in [0.2, 0.25) is 0 Å². The molecule has 1 rings (SSSR count). The summed E-state index contributed by atoms with van der Waals surface area (Å²) in [5, 5.41) is 3.59. The van der Waals surface area contributed by atoms with Gasteiger partial charge >= 0.3 is 0 Å². The van der Waals surface area contributed by atoms with Gasteiger partial charge in [0.2, 0.25) is 0 Å². The number of rotatable bonds is 8. The first-order valence-electron chi connectivity index (χ1n) is 6.68. The van der Waals surface area contributed by atoms with Crippen molar-refractivity contribution in [2.75, 3.05) is 19.8 Å². The Balaban J connectivity index is 2.16. The summed E-state index contributed by atoms with van der Waals surface area (Å²) >= 11 is 0. The first-order chi connectivity index (χ1) is 7.36. The van der Waals surface area contributed by atoms with E-state index >= 15 is 0 Å². The largest absolute Gasteiger partial charge is 0.382 e. The number of hydrogen-bond acceptors (Lipinski definition) is 2. The summed E-state index contributed by atoms with van der Waals surface area (Å²) in [4.78, 5) is 0. The lowest BCUT2D eigenvalue weighted by atomic mass is 9.96. The highest BCUT2D eigenvalue weighted by Crippen LogP contribution is 2.29. The molecule has 1 atom stereocenters. The molecular formula is C13H27NO. The molecule has 1 N–H and O–H groups in total. The SMILES string of the molecule is CCNC(CCOCC)CC1CCCC1. The Kier molecular flexibility index (Phi) is 7.03. The van der Waals surface area contributed by atoms with E-state index in [2.05, 4.69) is 19.2 Å². The maximum atomic E-state index is 5.43. The second-order valence-corrected chi connectivity index (χ2v) is 4.63. The van der Waals surface area contributed by atoms with Gasteiger partial charge < -0.3 is 10.1 Å². The number of hydrogen-bond donors (Lipinski definition) is 1. The quantitative estimate of drug-likeness (QED) is 0.626. The predicted octanol–water partition coefficient (Wildman–Crippen LogP) is 2.97. The number of nitrogens with one attached hydrogen (secondary N) is 1. The maximum absolute atomic E-state index is 5.43. The summed E-state index contributed by atoms with van der Waals surface area (Å²) in [7, 11) is 0. The average Bonchev–Trinajstić information content (AvgIpc) is 2.71. The summed E-state index contributed by atoms with van der Waals surface area (Å²) in [6.45, 7) is 7.12. The minimum absolute atomic E-state index is 0.685. The lowest BCUT2D eigenvalue weighted by Crippen LogP contribution is -2.31. The topological polar surface area (TPSA) is 21.3 Å². The zero-order valence-corrected chi connectivity index (χ0v) is 10.4. The van der Waals surface area contributed by atoms with E-state index < -0.39 is 0 Å². The minimum Gasteiger partial charge on any atom is -0.382 e. The molecule has 1 fully saturated rings. The van der Waals surface area contributed by atoms with Crippen molar-refractivity contribution < 1.29 is 4.74 Å². The molecule has 2 nitrogen and oxygen atoms in total. The summed E-state index contributed by atoms with van der Waals surface area (Å²) < 4.78 is 5.43. The van der Waals surface area contributed by atoms with E-state index in [4.69, 9.17) is 4.74 Å². The molecule has 0 radical (unpaired) electrons. The molecule has 0 aromatic carbocycles. The van der Waals surface area contributed by atoms with Gasteiger partial charge in [0.1, 0.15) is 0 Å². The van der Waals surface area contributed by atoms with E-state index in [-0.39, 0.29) is 0 Å². The average molecular weight is 213 g/mol. The van der Waals surface area contributed by atoms with E-state index in [0.29, 0.717) is 6.04 Å². The Morgan fingerprint density at radius 1 is 1.27 bits per heavy atom. The standard InChI is InChI=1S/C13H27NO/c1-3-14-13(9-10-15-4-2)11-12-7-5-6-8-12/h12-14H,3-11H2,1-2H3. The molecule has 0 heterocycles. The summed E-state index contributed by atoms with van der Waals surface area (Å²) in [6, 6.07) is 0.685. The lowest BCUT2D eigenvalue weighted by molar-refractivity contribution is 0.133. The molecule has 15 heavy (non-hydrogen) atoms. The van der Waals surface area contributed by atoms with E-state index in [0.717, 1.165) is 25.7 Å². The van der Waals surface area contributed by atoms with Crippen LogP contribution in [-0.2, 0) is 4.74 Å². The fourth-order valence-corrected chi connectivity index (χ4v) is 2.61. The van der Waals surface area contributed by atoms with Crippen molar-refractivity contribution in [1.29, 1.82) is 0 Å². The first kappa shape index (κ1) is 13.0. The third-order valence-corrected chi connectivity index (χ3v) is 3.40. The Morgan fingerprint density at radius 3 is 2.60 bits per heavy atom. The zero-order chi connectivity index (χ0) is 10.9. The van der Waals surface area contributed by atoms with E-state index in [1.165, 1.54) is 38.5 Å². The Morgan fingerprint density at radius 2 is 2.00 bits per heavy atom. The van der Waals surface area contributed by atoms with Gasteiger partial charge in [0.25, 0.3) is 0 Å². The maximum Gasteiger partial charge on any atom is 0.0480 e. The Bertz CT molecular complexity index is 143. The van der Waals surface area contributed by atoms with Gasteiger partial charge in [0.05, 0.1) is 0 Å². The number of ether oxygens (including phenoxy) is 1. The molecule has 0 bridgehead atoms. The Hall–Kier alpha value is -0.0800. The second-order valence-electron chi connectivity index (χ2n) is 4.63. The van der Waals surface area contributed by atoms with Gasteiger partial charge in [-0.25, -0.2) is 0 Å². The van der Waals surface area contributed by atoms with Crippen LogP contribution in [0.5, 0.6) is 0 Å². The van der Waals surface area contributed by atoms with Gasteiger partial charge in [-0.05, 0) is 32.2 Å². The molecule has 90 valence electrons. The zero-order valence-electron chi connectivity index (χ0n) is 10.4. The fourth-order valence-electron chi connectivity index (χ4n) is 2.61. The molecule has 0 aromatic heterocycles. The van der Waals surface area contributed by atoms with Crippen molar-refractivity contribution >= 4 is 0 Å². The molecule has 1 aliphatic carbocycles. The van der Waals surface area contributed by atoms with E-state index in [1.807, 2.05) is 0 Å². The van der Waals surface area contributed by atoms with Gasteiger partial charge in [-0.2, -0.15) is 0 Å². The molecule has 0 aliphatic heterocycles. The highest BCUT2D eigenvalue weighted by atomic mass is 16.5. The highest BCUT2D eigenvalue weighted by Gasteiger charge is 2.19. The molecule has 0 saturated heterocycles. The molecule has 2 heteroatoms. The normalized spacial score (nSPS) is 19.6. The smallest absolute Gasteiger partial charge is 0.0480 e. The molecule has 1 aliphatic rings. The third kappa shape index (κ3) is 5.53. The van der Waals surface area contributed by atoms with Gasteiger partial charge in [-0.1, -0.05) is 32.6 Å². The van der Waals surface area contributed by atoms with Crippen molar-refractivity contribution in [3.05, 3.63) is 0 Å². The van der Waals surface area contributed by atoms with Crippen molar-refractivity contribution in [3.63, 3.8) is 0 Å². The highest BCUT2D eigenvalue weighted by molar-refractivity contribution is 4.75. The predicted molar refractivity (Wildman–Crippen MR) is 65.1 cm³/mol. The monoisotopic (exact) mass is 213 g/mol. The molecule has 1 saturated carbocycles. The third-order valence-electron chi connectivity index (χ3n) is 3.40. The van der Waals surface area contributed by atoms with Crippen molar-refractivity contribution in [3.8, 4) is 0 Å². The molecular weight excluding hydrogens is 186 g/mol. The van der Waals surface area contributed by atoms with Crippen LogP contribution in [0.3, 0.4) is 0 Å². The van der Waals surface area contributed by atoms with Crippen LogP contribution in [0.15, 0.2) is 0 Å². The summed E-state index contributed by atoms with van der Waals surface area (Å²) in [5.74, 6) is 0.982. The minimum atomic E-state index is 0.685. The second kappa shape index (κ2) is 8.12. The van der Waals surface area contributed by atoms with Gasteiger partial charge in [0, 0.05) is 19.3 Å². The van der Waals surface area contributed by atoms with Crippen LogP contribution >= 0.6 is 0 Å². The van der Waals surface area contributed by atoms with E-state index in [9.17, 15) is 0 Å². The first-order valence-corrected chi connectivity index (χ1v) is 6.68. The van der Waals surface area contributed by atoms with Crippen LogP contribution in [0.25, 0.3) is 0 Å². The molecule has 1 unspecified atom stereocenters. The van der Waals surface area contributed by atoms with Crippen LogP contribution in [-0.4, -0.2) is 25.8 Å². The molecule has 0 amide bonds. The summed E-state index contributed by atoms with van der Waals surface area (Å²) in [6.07, 6.45) is 8.36. The van der Waals surface area contributed by atoms with Crippen LogP contribution in [0.1, 0.15) is 52.4 Å². The van der Waals surface area contributed by atoms with Gasteiger partial charge in [0.15, 0.2) is 0 Å². The van der Waals surface area contributed by atoms with Gasteiger partial charge in [-0.15, -0.1) is 0 Å². The Labute approximate surface area is 94.8 Å². The fraction of sp³-hybridized carbons (Fsp3) is 1.00. The van der Waals surface area contributed by atoms with Crippen molar-refractivity contribution in [2.45, 2.75) is 58.4 Å².